The number of benzene rings is 3. The number of likely N-dealkylation sites (tertiary alicyclic amines) is 1. The quantitative estimate of drug-likeness (QED) is 0.264. The SMILES string of the molecule is CC=N/C(=C\CC)C1CCN(C(=O)c2cccc(N(Cc3ccc(Cl)cc3)S(=O)c3ccccc3)c2)CC1. The lowest BCUT2D eigenvalue weighted by Crippen LogP contribution is -2.38. The Balaban J connectivity index is 1.55. The number of amides is 1. The summed E-state index contributed by atoms with van der Waals surface area (Å²) in [6.07, 6.45) is 6.79. The maximum absolute atomic E-state index is 13.7. The van der Waals surface area contributed by atoms with E-state index in [0.717, 1.165) is 36.2 Å². The van der Waals surface area contributed by atoms with Crippen molar-refractivity contribution in [1.82, 2.24) is 4.90 Å². The highest BCUT2D eigenvalue weighted by Crippen LogP contribution is 2.29. The predicted molar refractivity (Wildman–Crippen MR) is 158 cm³/mol. The van der Waals surface area contributed by atoms with Gasteiger partial charge in [-0.05, 0) is 74.2 Å². The summed E-state index contributed by atoms with van der Waals surface area (Å²) < 4.78 is 15.5. The third-order valence-corrected chi connectivity index (χ3v) is 8.33. The summed E-state index contributed by atoms with van der Waals surface area (Å²) in [7, 11) is -1.46. The Kier molecular flexibility index (Phi) is 9.91. The summed E-state index contributed by atoms with van der Waals surface area (Å²) >= 11 is 6.09. The van der Waals surface area contributed by atoms with E-state index in [1.807, 2.05) is 101 Å². The van der Waals surface area contributed by atoms with Gasteiger partial charge in [0.25, 0.3) is 5.91 Å². The van der Waals surface area contributed by atoms with Crippen LogP contribution in [0.3, 0.4) is 0 Å². The van der Waals surface area contributed by atoms with Gasteiger partial charge in [0.05, 0.1) is 17.1 Å². The number of anilines is 1. The molecule has 1 saturated heterocycles. The average molecular weight is 548 g/mol. The number of halogens is 1. The van der Waals surface area contributed by atoms with Crippen molar-refractivity contribution in [3.8, 4) is 0 Å². The Morgan fingerprint density at radius 2 is 1.76 bits per heavy atom. The number of carbonyl (C=O) groups is 1. The van der Waals surface area contributed by atoms with E-state index in [1.54, 1.807) is 0 Å². The van der Waals surface area contributed by atoms with E-state index in [2.05, 4.69) is 18.0 Å². The fourth-order valence-corrected chi connectivity index (χ4v) is 6.05. The number of hydrogen-bond acceptors (Lipinski definition) is 3. The third kappa shape index (κ3) is 7.00. The van der Waals surface area contributed by atoms with Gasteiger partial charge in [-0.25, -0.2) is 4.21 Å². The van der Waals surface area contributed by atoms with E-state index >= 15 is 0 Å². The molecule has 1 aliphatic rings. The summed E-state index contributed by atoms with van der Waals surface area (Å²) in [5.74, 6) is 0.381. The molecule has 7 heteroatoms. The van der Waals surface area contributed by atoms with E-state index in [1.165, 1.54) is 0 Å². The molecule has 1 amide bonds. The largest absolute Gasteiger partial charge is 0.339 e. The topological polar surface area (TPSA) is 53.0 Å². The normalized spacial score (nSPS) is 15.6. The molecule has 0 radical (unpaired) electrons. The van der Waals surface area contributed by atoms with E-state index in [9.17, 15) is 9.00 Å². The highest BCUT2D eigenvalue weighted by Gasteiger charge is 2.26. The second kappa shape index (κ2) is 13.5. The van der Waals surface area contributed by atoms with Crippen molar-refractivity contribution in [2.45, 2.75) is 44.6 Å². The molecule has 5 nitrogen and oxygen atoms in total. The molecule has 198 valence electrons. The number of carbonyl (C=O) groups excluding carboxylic acids is 1. The van der Waals surface area contributed by atoms with Crippen LogP contribution in [0.5, 0.6) is 0 Å². The number of piperidine rings is 1. The summed E-state index contributed by atoms with van der Waals surface area (Å²) in [6.45, 7) is 5.86. The van der Waals surface area contributed by atoms with Crippen LogP contribution in [0.4, 0.5) is 5.69 Å². The molecule has 1 aliphatic heterocycles. The molecular weight excluding hydrogens is 514 g/mol. The van der Waals surface area contributed by atoms with Gasteiger partial charge in [0, 0.05) is 41.5 Å². The first-order valence-corrected chi connectivity index (χ1v) is 14.6. The van der Waals surface area contributed by atoms with Crippen molar-refractivity contribution < 1.29 is 9.00 Å². The van der Waals surface area contributed by atoms with Crippen molar-refractivity contribution in [3.05, 3.63) is 107 Å². The average Bonchev–Trinajstić information content (AvgIpc) is 2.96. The Morgan fingerprint density at radius 3 is 2.42 bits per heavy atom. The summed E-state index contributed by atoms with van der Waals surface area (Å²) in [5.41, 5.74) is 3.44. The van der Waals surface area contributed by atoms with Crippen LogP contribution in [0.15, 0.2) is 101 Å². The van der Waals surface area contributed by atoms with Gasteiger partial charge in [-0.15, -0.1) is 0 Å². The molecule has 38 heavy (non-hydrogen) atoms. The first-order valence-electron chi connectivity index (χ1n) is 13.1. The molecule has 1 heterocycles. The van der Waals surface area contributed by atoms with Crippen LogP contribution < -0.4 is 4.31 Å². The lowest BCUT2D eigenvalue weighted by Gasteiger charge is -2.32. The lowest BCUT2D eigenvalue weighted by molar-refractivity contribution is 0.0701. The van der Waals surface area contributed by atoms with Gasteiger partial charge in [0.1, 0.15) is 0 Å². The zero-order valence-electron chi connectivity index (χ0n) is 21.9. The fourth-order valence-electron chi connectivity index (χ4n) is 4.70. The van der Waals surface area contributed by atoms with Gasteiger partial charge in [0.2, 0.25) is 0 Å². The van der Waals surface area contributed by atoms with Crippen molar-refractivity contribution in [2.24, 2.45) is 10.9 Å². The van der Waals surface area contributed by atoms with Crippen molar-refractivity contribution in [2.75, 3.05) is 17.4 Å². The van der Waals surface area contributed by atoms with Crippen LogP contribution in [0, 0.1) is 5.92 Å². The molecule has 1 fully saturated rings. The van der Waals surface area contributed by atoms with Crippen LogP contribution in [0.2, 0.25) is 5.02 Å². The fraction of sp³-hybridized carbons (Fsp3) is 0.290. The maximum atomic E-state index is 13.7. The molecular formula is C31H34ClN3O2S. The third-order valence-electron chi connectivity index (χ3n) is 6.66. The Hall–Kier alpha value is -3.22. The predicted octanol–water partition coefficient (Wildman–Crippen LogP) is 7.31. The van der Waals surface area contributed by atoms with Gasteiger partial charge in [-0.3, -0.25) is 14.1 Å². The van der Waals surface area contributed by atoms with Crippen LogP contribution in [-0.4, -0.2) is 34.3 Å². The molecule has 0 N–H and O–H groups in total. The zero-order valence-corrected chi connectivity index (χ0v) is 23.5. The van der Waals surface area contributed by atoms with E-state index < -0.39 is 11.0 Å². The standard InChI is InChI=1S/C31H34ClN3O2S/c1-3-9-30(33-4-2)25-18-20-34(21-19-25)31(36)26-10-8-11-28(22-26)35(23-24-14-16-27(32)17-15-24)38(37)29-12-6-5-7-13-29/h4-17,22,25H,3,18-21,23H2,1-2H3/b30-9-,33-4?. The van der Waals surface area contributed by atoms with Crippen LogP contribution in [-0.2, 0) is 17.5 Å². The number of allylic oxidation sites excluding steroid dienone is 2. The molecule has 0 saturated carbocycles. The second-order valence-electron chi connectivity index (χ2n) is 9.27. The molecule has 1 unspecified atom stereocenters. The van der Waals surface area contributed by atoms with Crippen LogP contribution in [0.25, 0.3) is 0 Å². The molecule has 0 bridgehead atoms. The Labute approximate surface area is 233 Å². The van der Waals surface area contributed by atoms with Gasteiger partial charge in [0.15, 0.2) is 11.0 Å². The van der Waals surface area contributed by atoms with Gasteiger partial charge >= 0.3 is 0 Å². The van der Waals surface area contributed by atoms with Gasteiger partial charge < -0.3 is 4.90 Å². The van der Waals surface area contributed by atoms with Crippen LogP contribution >= 0.6 is 11.6 Å². The van der Waals surface area contributed by atoms with E-state index in [4.69, 9.17) is 11.6 Å². The maximum Gasteiger partial charge on any atom is 0.253 e. The molecule has 4 rings (SSSR count). The highest BCUT2D eigenvalue weighted by molar-refractivity contribution is 7.86. The number of nitrogens with zero attached hydrogens (tertiary/aromatic N) is 3. The van der Waals surface area contributed by atoms with Gasteiger partial charge in [-0.2, -0.15) is 0 Å². The van der Waals surface area contributed by atoms with E-state index in [-0.39, 0.29) is 5.91 Å². The molecule has 3 aromatic rings. The first-order chi connectivity index (χ1) is 18.5. The van der Waals surface area contributed by atoms with Crippen molar-refractivity contribution in [1.29, 1.82) is 0 Å². The molecule has 0 aromatic heterocycles. The summed E-state index contributed by atoms with van der Waals surface area (Å²) in [4.78, 5) is 20.7. The summed E-state index contributed by atoms with van der Waals surface area (Å²) in [6, 6.07) is 24.4. The summed E-state index contributed by atoms with van der Waals surface area (Å²) in [5, 5.41) is 0.652. The minimum atomic E-state index is -1.46. The molecule has 0 spiro atoms. The molecule has 0 aliphatic carbocycles. The van der Waals surface area contributed by atoms with Crippen molar-refractivity contribution in [3.63, 3.8) is 0 Å². The minimum Gasteiger partial charge on any atom is -0.339 e. The second-order valence-corrected chi connectivity index (χ2v) is 11.1. The Bertz CT molecular complexity index is 1300. The number of hydrogen-bond donors (Lipinski definition) is 0. The van der Waals surface area contributed by atoms with Gasteiger partial charge in [-0.1, -0.05) is 61.0 Å². The van der Waals surface area contributed by atoms with Crippen LogP contribution in [0.1, 0.15) is 49.0 Å². The molecule has 3 aromatic carbocycles. The van der Waals surface area contributed by atoms with Crippen molar-refractivity contribution >= 4 is 40.4 Å². The van der Waals surface area contributed by atoms with E-state index in [0.29, 0.717) is 41.0 Å². The first kappa shape index (κ1) is 27.8. The number of aliphatic imine (C=N–C) groups is 1. The highest BCUT2D eigenvalue weighted by atomic mass is 35.5. The zero-order chi connectivity index (χ0) is 26.9. The smallest absolute Gasteiger partial charge is 0.253 e. The monoisotopic (exact) mass is 547 g/mol. The minimum absolute atomic E-state index is 0.00208. The lowest BCUT2D eigenvalue weighted by atomic mass is 9.92. The molecule has 1 atom stereocenters. The number of rotatable bonds is 9. The Morgan fingerprint density at radius 1 is 1.05 bits per heavy atom.